The largest absolute Gasteiger partial charge is 0.433 e. The lowest BCUT2D eigenvalue weighted by molar-refractivity contribution is -0.140. The van der Waals surface area contributed by atoms with Gasteiger partial charge in [0.15, 0.2) is 5.82 Å². The number of hydrogen-bond acceptors (Lipinski definition) is 5. The molecule has 0 aliphatic heterocycles. The number of pyridine rings is 2. The predicted octanol–water partition coefficient (Wildman–Crippen LogP) is 5.51. The monoisotopic (exact) mass is 458 g/mol. The van der Waals surface area contributed by atoms with Gasteiger partial charge in [-0.15, -0.1) is 0 Å². The molecule has 6 nitrogen and oxygen atoms in total. The molecule has 0 bridgehead atoms. The highest BCUT2D eigenvalue weighted by molar-refractivity contribution is 5.91. The van der Waals surface area contributed by atoms with E-state index >= 15 is 0 Å². The zero-order valence-electron chi connectivity index (χ0n) is 17.8. The van der Waals surface area contributed by atoms with Crippen LogP contribution in [0.1, 0.15) is 31.4 Å². The molecule has 10 heteroatoms. The van der Waals surface area contributed by atoms with E-state index in [1.54, 1.807) is 12.5 Å². The van der Waals surface area contributed by atoms with Gasteiger partial charge < -0.3 is 15.2 Å². The van der Waals surface area contributed by atoms with Crippen molar-refractivity contribution in [1.82, 2.24) is 19.5 Å². The number of alkyl halides is 3. The Morgan fingerprint density at radius 3 is 2.39 bits per heavy atom. The van der Waals surface area contributed by atoms with E-state index in [2.05, 4.69) is 25.6 Å². The number of aromatic nitrogens is 4. The van der Waals surface area contributed by atoms with Gasteiger partial charge in [-0.05, 0) is 56.0 Å². The lowest BCUT2D eigenvalue weighted by Gasteiger charge is -2.31. The Morgan fingerprint density at radius 1 is 0.939 bits per heavy atom. The number of fused-ring (bicyclic) bond motifs is 2. The summed E-state index contributed by atoms with van der Waals surface area (Å²) in [6.07, 6.45) is 2.01. The zero-order chi connectivity index (χ0) is 23.2. The summed E-state index contributed by atoms with van der Waals surface area (Å²) >= 11 is 0. The molecular weight excluding hydrogens is 436 g/mol. The topological polar surface area (TPSA) is 67.7 Å². The van der Waals surface area contributed by atoms with Crippen LogP contribution in [-0.4, -0.2) is 31.6 Å². The molecule has 1 fully saturated rings. The van der Waals surface area contributed by atoms with E-state index in [9.17, 15) is 17.6 Å². The highest BCUT2D eigenvalue weighted by atomic mass is 19.4. The first kappa shape index (κ1) is 21.4. The van der Waals surface area contributed by atoms with Gasteiger partial charge in [0.1, 0.15) is 17.0 Å². The molecule has 3 aromatic heterocycles. The molecule has 1 aliphatic carbocycles. The van der Waals surface area contributed by atoms with Crippen LogP contribution < -0.4 is 10.6 Å². The molecule has 172 valence electrons. The van der Waals surface area contributed by atoms with Crippen molar-refractivity contribution in [3.63, 3.8) is 0 Å². The molecule has 0 saturated heterocycles. The number of anilines is 2. The lowest BCUT2D eigenvalue weighted by atomic mass is 9.90. The van der Waals surface area contributed by atoms with Gasteiger partial charge >= 0.3 is 6.18 Å². The van der Waals surface area contributed by atoms with Crippen LogP contribution in [0, 0.1) is 5.82 Å². The Hall–Kier alpha value is -3.43. The summed E-state index contributed by atoms with van der Waals surface area (Å²) in [7, 11) is 1.92. The Labute approximate surface area is 187 Å². The number of aryl methyl sites for hydroxylation is 1. The summed E-state index contributed by atoms with van der Waals surface area (Å²) in [5.74, 6) is 0.256. The second-order valence-corrected chi connectivity index (χ2v) is 8.43. The van der Waals surface area contributed by atoms with Crippen LogP contribution in [-0.2, 0) is 13.2 Å². The normalized spacial score (nSPS) is 19.2. The Morgan fingerprint density at radius 2 is 1.67 bits per heavy atom. The molecule has 0 unspecified atom stereocenters. The number of halogens is 4. The van der Waals surface area contributed by atoms with E-state index in [-0.39, 0.29) is 23.3 Å². The fraction of sp³-hybridized carbons (Fsp3) is 0.348. The summed E-state index contributed by atoms with van der Waals surface area (Å²) < 4.78 is 55.8. The molecule has 4 aromatic rings. The third-order valence-corrected chi connectivity index (χ3v) is 6.11. The van der Waals surface area contributed by atoms with Crippen molar-refractivity contribution in [1.29, 1.82) is 0 Å². The standard InChI is InChI=1S/C23H22F4N6/c1-33-12-29-18-8-9-28-22(21(18)33)31-15-5-3-14(4-6-15)30-19-11-20(23(25,26)27)32-17-7-2-13(24)10-16(17)19/h2,7-12,14-15H,3-6H2,1H3,(H,28,31)(H,30,32). The number of imidazole rings is 1. The highest BCUT2D eigenvalue weighted by Crippen LogP contribution is 2.35. The molecule has 0 spiro atoms. The predicted molar refractivity (Wildman–Crippen MR) is 119 cm³/mol. The summed E-state index contributed by atoms with van der Waals surface area (Å²) in [6, 6.07) is 6.60. The summed E-state index contributed by atoms with van der Waals surface area (Å²) in [5, 5.41) is 7.05. The fourth-order valence-corrected chi connectivity index (χ4v) is 4.47. The third-order valence-electron chi connectivity index (χ3n) is 6.11. The minimum atomic E-state index is -4.58. The molecule has 0 amide bonds. The van der Waals surface area contributed by atoms with Crippen LogP contribution in [0.5, 0.6) is 0 Å². The first-order valence-corrected chi connectivity index (χ1v) is 10.7. The average molecular weight is 458 g/mol. The smallest absolute Gasteiger partial charge is 0.382 e. The van der Waals surface area contributed by atoms with Gasteiger partial charge in [0.25, 0.3) is 0 Å². The van der Waals surface area contributed by atoms with Crippen LogP contribution in [0.3, 0.4) is 0 Å². The minimum absolute atomic E-state index is 0.0292. The van der Waals surface area contributed by atoms with Gasteiger partial charge in [-0.1, -0.05) is 0 Å². The van der Waals surface area contributed by atoms with Crippen LogP contribution in [0.15, 0.2) is 42.9 Å². The average Bonchev–Trinajstić information content (AvgIpc) is 3.16. The van der Waals surface area contributed by atoms with Gasteiger partial charge in [0.2, 0.25) is 0 Å². The maximum absolute atomic E-state index is 13.8. The van der Waals surface area contributed by atoms with Crippen molar-refractivity contribution in [2.24, 2.45) is 7.05 Å². The first-order chi connectivity index (χ1) is 15.8. The zero-order valence-corrected chi connectivity index (χ0v) is 17.8. The number of nitrogens with one attached hydrogen (secondary N) is 2. The lowest BCUT2D eigenvalue weighted by Crippen LogP contribution is -2.32. The molecule has 0 atom stereocenters. The van der Waals surface area contributed by atoms with Crippen molar-refractivity contribution in [3.05, 3.63) is 54.4 Å². The van der Waals surface area contributed by atoms with Gasteiger partial charge in [-0.25, -0.2) is 19.3 Å². The molecule has 3 heterocycles. The first-order valence-electron chi connectivity index (χ1n) is 10.7. The van der Waals surface area contributed by atoms with E-state index in [0.29, 0.717) is 5.39 Å². The maximum Gasteiger partial charge on any atom is 0.433 e. The van der Waals surface area contributed by atoms with E-state index in [1.165, 1.54) is 12.1 Å². The number of benzene rings is 1. The third kappa shape index (κ3) is 4.29. The SMILES string of the molecule is Cn1cnc2ccnc(NC3CCC(Nc4cc(C(F)(F)F)nc5ccc(F)cc45)CC3)c21. The highest BCUT2D eigenvalue weighted by Gasteiger charge is 2.34. The van der Waals surface area contributed by atoms with Crippen LogP contribution in [0.2, 0.25) is 0 Å². The fourth-order valence-electron chi connectivity index (χ4n) is 4.47. The van der Waals surface area contributed by atoms with E-state index in [1.807, 2.05) is 17.7 Å². The van der Waals surface area contributed by atoms with Crippen molar-refractivity contribution < 1.29 is 17.6 Å². The van der Waals surface area contributed by atoms with Gasteiger partial charge in [0, 0.05) is 36.4 Å². The molecule has 1 saturated carbocycles. The molecule has 33 heavy (non-hydrogen) atoms. The van der Waals surface area contributed by atoms with E-state index in [4.69, 9.17) is 0 Å². The van der Waals surface area contributed by atoms with Crippen molar-refractivity contribution in [3.8, 4) is 0 Å². The van der Waals surface area contributed by atoms with Crippen molar-refractivity contribution >= 4 is 33.4 Å². The molecule has 0 radical (unpaired) electrons. The van der Waals surface area contributed by atoms with Gasteiger partial charge in [-0.2, -0.15) is 13.2 Å². The number of hydrogen-bond donors (Lipinski definition) is 2. The summed E-state index contributed by atoms with van der Waals surface area (Å²) in [6.45, 7) is 0. The molecule has 5 rings (SSSR count). The van der Waals surface area contributed by atoms with Crippen LogP contribution in [0.25, 0.3) is 21.9 Å². The molecule has 1 aromatic carbocycles. The van der Waals surface area contributed by atoms with Crippen molar-refractivity contribution in [2.75, 3.05) is 10.6 Å². The molecule has 1 aliphatic rings. The second-order valence-electron chi connectivity index (χ2n) is 8.43. The van der Waals surface area contributed by atoms with Gasteiger partial charge in [0.05, 0.1) is 17.4 Å². The van der Waals surface area contributed by atoms with E-state index in [0.717, 1.165) is 54.7 Å². The number of nitrogens with zero attached hydrogens (tertiary/aromatic N) is 4. The van der Waals surface area contributed by atoms with Gasteiger partial charge in [-0.3, -0.25) is 0 Å². The molecular formula is C23H22F4N6. The Balaban J connectivity index is 1.32. The van der Waals surface area contributed by atoms with Crippen LogP contribution in [0.4, 0.5) is 29.1 Å². The quantitative estimate of drug-likeness (QED) is 0.395. The van der Waals surface area contributed by atoms with Crippen LogP contribution >= 0.6 is 0 Å². The van der Waals surface area contributed by atoms with Crippen molar-refractivity contribution in [2.45, 2.75) is 43.9 Å². The Bertz CT molecular complexity index is 1310. The summed E-state index contributed by atoms with van der Waals surface area (Å²) in [4.78, 5) is 12.5. The second kappa shape index (κ2) is 8.17. The Kier molecular flexibility index (Phi) is 5.30. The van der Waals surface area contributed by atoms with E-state index < -0.39 is 17.7 Å². The minimum Gasteiger partial charge on any atom is -0.382 e. The number of rotatable bonds is 4. The molecule has 2 N–H and O–H groups in total. The maximum atomic E-state index is 13.8. The summed E-state index contributed by atoms with van der Waals surface area (Å²) in [5.41, 5.74) is 1.17.